The van der Waals surface area contributed by atoms with Gasteiger partial charge < -0.3 is 9.47 Å². The van der Waals surface area contributed by atoms with Crippen LogP contribution in [0.3, 0.4) is 0 Å². The Balaban J connectivity index is 1.67. The molecule has 0 bridgehead atoms. The van der Waals surface area contributed by atoms with Gasteiger partial charge in [-0.1, -0.05) is 60.8 Å². The average molecular weight is 743 g/mol. The Bertz CT molecular complexity index is 1520. The summed E-state index contributed by atoms with van der Waals surface area (Å²) in [5.74, 6) is 1.74. The van der Waals surface area contributed by atoms with E-state index < -0.39 is 0 Å². The zero-order valence-corrected chi connectivity index (χ0v) is 25.7. The van der Waals surface area contributed by atoms with Crippen molar-refractivity contribution < 1.29 is 9.47 Å². The molecule has 36 heavy (non-hydrogen) atoms. The van der Waals surface area contributed by atoms with E-state index in [0.29, 0.717) is 41.3 Å². The summed E-state index contributed by atoms with van der Waals surface area (Å²) in [5.41, 5.74) is 2.16. The third-order valence-corrected chi connectivity index (χ3v) is 7.75. The summed E-state index contributed by atoms with van der Waals surface area (Å²) in [7, 11) is 1.58. The Morgan fingerprint density at radius 2 is 1.72 bits per heavy atom. The van der Waals surface area contributed by atoms with Crippen molar-refractivity contribution in [1.82, 2.24) is 9.66 Å². The Hall–Kier alpha value is -2.01. The van der Waals surface area contributed by atoms with Crippen LogP contribution in [0.25, 0.3) is 10.9 Å². The highest BCUT2D eigenvalue weighted by Gasteiger charge is 2.13. The summed E-state index contributed by atoms with van der Waals surface area (Å²) in [5, 5.41) is 5.02. The summed E-state index contributed by atoms with van der Waals surface area (Å²) in [6, 6.07) is 15.0. The first-order valence-electron chi connectivity index (χ1n) is 11.0. The SMILES string of the molecule is CCCc1nc2ccc(Br)cc2c(=O)n1N=Cc1cc(OC)c(OCc2ccc(Br)cc2Br)cc1Br. The van der Waals surface area contributed by atoms with Crippen molar-refractivity contribution in [2.24, 2.45) is 5.10 Å². The van der Waals surface area contributed by atoms with Crippen molar-refractivity contribution in [2.75, 3.05) is 7.11 Å². The third-order valence-electron chi connectivity index (χ3n) is 5.34. The number of fused-ring (bicyclic) bond motifs is 1. The molecule has 10 heteroatoms. The molecular weight excluding hydrogens is 722 g/mol. The van der Waals surface area contributed by atoms with Gasteiger partial charge in [0.1, 0.15) is 12.4 Å². The normalized spacial score (nSPS) is 11.4. The van der Waals surface area contributed by atoms with E-state index in [-0.39, 0.29) is 5.56 Å². The second-order valence-electron chi connectivity index (χ2n) is 7.85. The van der Waals surface area contributed by atoms with Gasteiger partial charge in [0.05, 0.1) is 24.2 Å². The van der Waals surface area contributed by atoms with E-state index in [9.17, 15) is 4.79 Å². The minimum Gasteiger partial charge on any atom is -0.493 e. The van der Waals surface area contributed by atoms with Gasteiger partial charge >= 0.3 is 0 Å². The number of hydrogen-bond donors (Lipinski definition) is 0. The number of nitrogens with zero attached hydrogens (tertiary/aromatic N) is 3. The van der Waals surface area contributed by atoms with Crippen molar-refractivity contribution in [2.45, 2.75) is 26.4 Å². The van der Waals surface area contributed by atoms with Crippen LogP contribution >= 0.6 is 63.7 Å². The lowest BCUT2D eigenvalue weighted by Gasteiger charge is -2.14. The maximum absolute atomic E-state index is 13.3. The largest absolute Gasteiger partial charge is 0.493 e. The number of benzene rings is 3. The zero-order valence-electron chi connectivity index (χ0n) is 19.4. The number of halogens is 4. The van der Waals surface area contributed by atoms with Crippen molar-refractivity contribution in [1.29, 1.82) is 0 Å². The topological polar surface area (TPSA) is 65.7 Å². The fraction of sp³-hybridized carbons (Fsp3) is 0.192. The molecule has 186 valence electrons. The highest BCUT2D eigenvalue weighted by Crippen LogP contribution is 2.34. The Morgan fingerprint density at radius 1 is 0.972 bits per heavy atom. The van der Waals surface area contributed by atoms with Gasteiger partial charge in [-0.2, -0.15) is 9.78 Å². The lowest BCUT2D eigenvalue weighted by atomic mass is 10.2. The summed E-state index contributed by atoms with van der Waals surface area (Å²) in [6.45, 7) is 2.40. The number of aromatic nitrogens is 2. The molecule has 4 rings (SSSR count). The van der Waals surface area contributed by atoms with Gasteiger partial charge in [-0.25, -0.2) is 4.98 Å². The molecule has 1 heterocycles. The minimum absolute atomic E-state index is 0.218. The molecule has 0 spiro atoms. The van der Waals surface area contributed by atoms with Gasteiger partial charge in [-0.15, -0.1) is 0 Å². The number of aryl methyl sites for hydroxylation is 1. The van der Waals surface area contributed by atoms with Crippen LogP contribution in [0, 0.1) is 0 Å². The molecule has 6 nitrogen and oxygen atoms in total. The van der Waals surface area contributed by atoms with Crippen LogP contribution in [0.2, 0.25) is 0 Å². The number of ether oxygens (including phenoxy) is 2. The Morgan fingerprint density at radius 3 is 2.44 bits per heavy atom. The summed E-state index contributed by atoms with van der Waals surface area (Å²) < 4.78 is 16.5. The molecule has 0 saturated carbocycles. The van der Waals surface area contributed by atoms with Gasteiger partial charge in [0.25, 0.3) is 5.56 Å². The van der Waals surface area contributed by atoms with Crippen LogP contribution in [0.15, 0.2) is 76.3 Å². The molecule has 0 fully saturated rings. The van der Waals surface area contributed by atoms with Crippen LogP contribution in [-0.2, 0) is 13.0 Å². The predicted molar refractivity (Wildman–Crippen MR) is 158 cm³/mol. The molecule has 1 aromatic heterocycles. The van der Waals surface area contributed by atoms with Crippen LogP contribution in [0.5, 0.6) is 11.5 Å². The molecule has 0 amide bonds. The standard InChI is InChI=1S/C26H21Br4N3O3/c1-3-4-25-32-22-8-7-17(27)10-19(22)26(34)33(25)31-13-16-9-23(35-2)24(12-21(16)30)36-14-15-5-6-18(28)11-20(15)29/h5-13H,3-4,14H2,1-2H3. The van der Waals surface area contributed by atoms with E-state index in [1.54, 1.807) is 19.4 Å². The van der Waals surface area contributed by atoms with Gasteiger partial charge in [0.15, 0.2) is 11.5 Å². The monoisotopic (exact) mass is 739 g/mol. The summed E-state index contributed by atoms with van der Waals surface area (Å²) in [6.07, 6.45) is 3.08. The fourth-order valence-electron chi connectivity index (χ4n) is 3.54. The lowest BCUT2D eigenvalue weighted by molar-refractivity contribution is 0.283. The molecular formula is C26H21Br4N3O3. The van der Waals surface area contributed by atoms with Crippen LogP contribution in [-0.4, -0.2) is 23.0 Å². The van der Waals surface area contributed by atoms with Gasteiger partial charge in [-0.3, -0.25) is 4.79 Å². The van der Waals surface area contributed by atoms with Gasteiger partial charge in [-0.05, 0) is 64.8 Å². The smallest absolute Gasteiger partial charge is 0.282 e. The van der Waals surface area contributed by atoms with Gasteiger partial charge in [0, 0.05) is 35.4 Å². The Kier molecular flexibility index (Phi) is 9.03. The number of rotatable bonds is 8. The second-order valence-corrected chi connectivity index (χ2v) is 11.4. The molecule has 0 aliphatic rings. The summed E-state index contributed by atoms with van der Waals surface area (Å²) in [4.78, 5) is 17.9. The predicted octanol–water partition coefficient (Wildman–Crippen LogP) is 7.87. The van der Waals surface area contributed by atoms with E-state index in [4.69, 9.17) is 9.47 Å². The van der Waals surface area contributed by atoms with Crippen LogP contribution < -0.4 is 15.0 Å². The fourth-order valence-corrected chi connectivity index (χ4v) is 5.48. The summed E-state index contributed by atoms with van der Waals surface area (Å²) >= 11 is 14.1. The molecule has 0 atom stereocenters. The van der Waals surface area contributed by atoms with E-state index >= 15 is 0 Å². The molecule has 0 aliphatic carbocycles. The highest BCUT2D eigenvalue weighted by atomic mass is 79.9. The van der Waals surface area contributed by atoms with Gasteiger partial charge in [0.2, 0.25) is 0 Å². The number of methoxy groups -OCH3 is 1. The maximum Gasteiger partial charge on any atom is 0.282 e. The van der Waals surface area contributed by atoms with Crippen LogP contribution in [0.4, 0.5) is 0 Å². The first-order valence-corrected chi connectivity index (χ1v) is 14.2. The average Bonchev–Trinajstić information content (AvgIpc) is 2.85. The van der Waals surface area contributed by atoms with E-state index in [1.165, 1.54) is 4.68 Å². The van der Waals surface area contributed by atoms with Crippen molar-refractivity contribution in [3.05, 3.63) is 93.7 Å². The lowest BCUT2D eigenvalue weighted by Crippen LogP contribution is -2.22. The third kappa shape index (κ3) is 6.10. The molecule has 0 N–H and O–H groups in total. The van der Waals surface area contributed by atoms with E-state index in [2.05, 4.69) is 73.8 Å². The molecule has 0 aliphatic heterocycles. The Labute approximate surface area is 242 Å². The van der Waals surface area contributed by atoms with E-state index in [0.717, 1.165) is 35.4 Å². The molecule has 0 radical (unpaired) electrons. The first-order chi connectivity index (χ1) is 17.3. The van der Waals surface area contributed by atoms with Crippen LogP contribution in [0.1, 0.15) is 30.3 Å². The highest BCUT2D eigenvalue weighted by molar-refractivity contribution is 9.11. The molecule has 0 unspecified atom stereocenters. The molecule has 0 saturated heterocycles. The van der Waals surface area contributed by atoms with Crippen molar-refractivity contribution in [3.63, 3.8) is 0 Å². The van der Waals surface area contributed by atoms with Crippen molar-refractivity contribution in [3.8, 4) is 11.5 Å². The second kappa shape index (κ2) is 12.0. The molecule has 3 aromatic carbocycles. The molecule has 4 aromatic rings. The minimum atomic E-state index is -0.218. The van der Waals surface area contributed by atoms with Crippen molar-refractivity contribution >= 4 is 80.8 Å². The maximum atomic E-state index is 13.3. The first kappa shape index (κ1) is 27.0. The number of hydrogen-bond acceptors (Lipinski definition) is 5. The quantitative estimate of drug-likeness (QED) is 0.173. The zero-order chi connectivity index (χ0) is 25.8. The van der Waals surface area contributed by atoms with E-state index in [1.807, 2.05) is 49.4 Å².